The number of hydrogen-bond donors (Lipinski definition) is 3. The minimum absolute atomic E-state index is 0.114. The summed E-state index contributed by atoms with van der Waals surface area (Å²) < 4.78 is 0. The first kappa shape index (κ1) is 12.1. The minimum atomic E-state index is -0.267. The number of hydrogen-bond acceptors (Lipinski definition) is 5. The lowest BCUT2D eigenvalue weighted by molar-refractivity contribution is 0.116. The van der Waals surface area contributed by atoms with Crippen LogP contribution in [-0.4, -0.2) is 34.3 Å². The van der Waals surface area contributed by atoms with E-state index >= 15 is 0 Å². The predicted molar refractivity (Wildman–Crippen MR) is 68.2 cm³/mol. The van der Waals surface area contributed by atoms with E-state index in [0.29, 0.717) is 5.95 Å². The molecule has 1 fully saturated rings. The van der Waals surface area contributed by atoms with Crippen LogP contribution < -0.4 is 10.6 Å². The molecule has 5 heteroatoms. The standard InChI is InChI=1S/C12H20N4O/c1-8-7-11(16-12(13-2)14-8)15-9-5-3-4-6-10(9)17/h7,9-10,17H,3-6H2,1-2H3,(H2,13,14,15,16). The maximum Gasteiger partial charge on any atom is 0.224 e. The van der Waals surface area contributed by atoms with E-state index in [0.717, 1.165) is 37.2 Å². The van der Waals surface area contributed by atoms with Gasteiger partial charge in [-0.2, -0.15) is 4.98 Å². The van der Waals surface area contributed by atoms with Crippen molar-refractivity contribution in [3.8, 4) is 0 Å². The number of aromatic nitrogens is 2. The average molecular weight is 236 g/mol. The van der Waals surface area contributed by atoms with Gasteiger partial charge in [-0.05, 0) is 19.8 Å². The molecule has 3 N–H and O–H groups in total. The van der Waals surface area contributed by atoms with Crippen LogP contribution in [0.1, 0.15) is 31.4 Å². The molecule has 5 nitrogen and oxygen atoms in total. The minimum Gasteiger partial charge on any atom is -0.391 e. The third kappa shape index (κ3) is 3.06. The fourth-order valence-electron chi connectivity index (χ4n) is 2.22. The molecule has 17 heavy (non-hydrogen) atoms. The number of nitrogens with zero attached hydrogens (tertiary/aromatic N) is 2. The van der Waals surface area contributed by atoms with Crippen molar-refractivity contribution < 1.29 is 5.11 Å². The van der Waals surface area contributed by atoms with Crippen LogP contribution in [0.5, 0.6) is 0 Å². The van der Waals surface area contributed by atoms with E-state index in [1.165, 1.54) is 0 Å². The molecule has 0 aromatic carbocycles. The number of anilines is 2. The van der Waals surface area contributed by atoms with Crippen molar-refractivity contribution in [2.75, 3.05) is 17.7 Å². The summed E-state index contributed by atoms with van der Waals surface area (Å²) in [6.07, 6.45) is 3.89. The molecule has 2 rings (SSSR count). The van der Waals surface area contributed by atoms with Crippen LogP contribution in [0.15, 0.2) is 6.07 Å². The van der Waals surface area contributed by atoms with Crippen LogP contribution in [0.2, 0.25) is 0 Å². The van der Waals surface area contributed by atoms with Gasteiger partial charge in [0.2, 0.25) is 5.95 Å². The second-order valence-electron chi connectivity index (χ2n) is 4.57. The topological polar surface area (TPSA) is 70.1 Å². The van der Waals surface area contributed by atoms with Crippen molar-refractivity contribution in [1.82, 2.24) is 9.97 Å². The van der Waals surface area contributed by atoms with Gasteiger partial charge in [-0.3, -0.25) is 0 Å². The summed E-state index contributed by atoms with van der Waals surface area (Å²) in [4.78, 5) is 8.58. The highest BCUT2D eigenvalue weighted by molar-refractivity contribution is 5.42. The molecule has 0 radical (unpaired) electrons. The lowest BCUT2D eigenvalue weighted by Crippen LogP contribution is -2.36. The van der Waals surface area contributed by atoms with E-state index in [2.05, 4.69) is 20.6 Å². The Morgan fingerprint density at radius 2 is 2.06 bits per heavy atom. The fourth-order valence-corrected chi connectivity index (χ4v) is 2.22. The Bertz CT molecular complexity index is 383. The van der Waals surface area contributed by atoms with E-state index in [9.17, 15) is 5.11 Å². The highest BCUT2D eigenvalue weighted by Gasteiger charge is 2.23. The second kappa shape index (κ2) is 5.31. The molecule has 1 aliphatic carbocycles. The van der Waals surface area contributed by atoms with Gasteiger partial charge >= 0.3 is 0 Å². The number of aliphatic hydroxyl groups is 1. The van der Waals surface area contributed by atoms with Crippen molar-refractivity contribution in [3.63, 3.8) is 0 Å². The molecule has 0 spiro atoms. The zero-order valence-corrected chi connectivity index (χ0v) is 10.4. The van der Waals surface area contributed by atoms with Crippen molar-refractivity contribution in [3.05, 3.63) is 11.8 Å². The third-order valence-corrected chi connectivity index (χ3v) is 3.14. The first-order chi connectivity index (χ1) is 8.19. The van der Waals surface area contributed by atoms with Crippen LogP contribution >= 0.6 is 0 Å². The molecule has 0 bridgehead atoms. The summed E-state index contributed by atoms with van der Waals surface area (Å²) in [6, 6.07) is 2.02. The normalized spacial score (nSPS) is 24.4. The van der Waals surface area contributed by atoms with E-state index in [-0.39, 0.29) is 12.1 Å². The predicted octanol–water partition coefficient (Wildman–Crippen LogP) is 1.54. The monoisotopic (exact) mass is 236 g/mol. The highest BCUT2D eigenvalue weighted by atomic mass is 16.3. The first-order valence-electron chi connectivity index (χ1n) is 6.17. The van der Waals surface area contributed by atoms with Crippen LogP contribution in [0.4, 0.5) is 11.8 Å². The van der Waals surface area contributed by atoms with Crippen molar-refractivity contribution in [2.45, 2.75) is 44.8 Å². The average Bonchev–Trinajstić information content (AvgIpc) is 2.31. The van der Waals surface area contributed by atoms with Crippen molar-refractivity contribution >= 4 is 11.8 Å². The Hall–Kier alpha value is -1.36. The van der Waals surface area contributed by atoms with Crippen LogP contribution in [-0.2, 0) is 0 Å². The summed E-state index contributed by atoms with van der Waals surface area (Å²) in [5, 5.41) is 16.1. The van der Waals surface area contributed by atoms with E-state index < -0.39 is 0 Å². The van der Waals surface area contributed by atoms with Crippen LogP contribution in [0, 0.1) is 6.92 Å². The Morgan fingerprint density at radius 1 is 1.29 bits per heavy atom. The lowest BCUT2D eigenvalue weighted by Gasteiger charge is -2.28. The highest BCUT2D eigenvalue weighted by Crippen LogP contribution is 2.22. The van der Waals surface area contributed by atoms with Gasteiger partial charge in [0.05, 0.1) is 12.1 Å². The molecular formula is C12H20N4O. The van der Waals surface area contributed by atoms with Gasteiger partial charge in [-0.15, -0.1) is 0 Å². The lowest BCUT2D eigenvalue weighted by atomic mass is 9.92. The molecule has 1 heterocycles. The first-order valence-corrected chi connectivity index (χ1v) is 6.17. The number of nitrogens with one attached hydrogen (secondary N) is 2. The molecule has 2 unspecified atom stereocenters. The second-order valence-corrected chi connectivity index (χ2v) is 4.57. The molecule has 0 aliphatic heterocycles. The maximum atomic E-state index is 9.90. The Balaban J connectivity index is 2.09. The van der Waals surface area contributed by atoms with Gasteiger partial charge in [0.15, 0.2) is 0 Å². The van der Waals surface area contributed by atoms with Gasteiger partial charge in [-0.1, -0.05) is 12.8 Å². The number of aryl methyl sites for hydroxylation is 1. The van der Waals surface area contributed by atoms with Crippen molar-refractivity contribution in [1.29, 1.82) is 0 Å². The summed E-state index contributed by atoms with van der Waals surface area (Å²) in [7, 11) is 1.80. The number of aliphatic hydroxyl groups excluding tert-OH is 1. The van der Waals surface area contributed by atoms with E-state index in [1.54, 1.807) is 7.05 Å². The van der Waals surface area contributed by atoms with E-state index in [1.807, 2.05) is 13.0 Å². The van der Waals surface area contributed by atoms with Gasteiger partial charge in [0, 0.05) is 18.8 Å². The SMILES string of the molecule is CNc1nc(C)cc(NC2CCCCC2O)n1. The van der Waals surface area contributed by atoms with Crippen LogP contribution in [0.3, 0.4) is 0 Å². The third-order valence-electron chi connectivity index (χ3n) is 3.14. The van der Waals surface area contributed by atoms with Crippen molar-refractivity contribution in [2.24, 2.45) is 0 Å². The molecular weight excluding hydrogens is 216 g/mol. The van der Waals surface area contributed by atoms with E-state index in [4.69, 9.17) is 0 Å². The molecule has 1 aromatic rings. The molecule has 1 saturated carbocycles. The molecule has 1 aliphatic rings. The van der Waals surface area contributed by atoms with Crippen LogP contribution in [0.25, 0.3) is 0 Å². The van der Waals surface area contributed by atoms with Gasteiger partial charge in [-0.25, -0.2) is 4.98 Å². The zero-order valence-electron chi connectivity index (χ0n) is 10.4. The Kier molecular flexibility index (Phi) is 3.78. The summed E-state index contributed by atoms with van der Waals surface area (Å²) >= 11 is 0. The largest absolute Gasteiger partial charge is 0.391 e. The maximum absolute atomic E-state index is 9.90. The Labute approximate surface area is 102 Å². The fraction of sp³-hybridized carbons (Fsp3) is 0.667. The quantitative estimate of drug-likeness (QED) is 0.742. The summed E-state index contributed by atoms with van der Waals surface area (Å²) in [5.74, 6) is 1.39. The zero-order chi connectivity index (χ0) is 12.3. The van der Waals surface area contributed by atoms with Gasteiger partial charge < -0.3 is 15.7 Å². The molecule has 2 atom stereocenters. The molecule has 1 aromatic heterocycles. The molecule has 94 valence electrons. The summed E-state index contributed by atoms with van der Waals surface area (Å²) in [5.41, 5.74) is 0.914. The smallest absolute Gasteiger partial charge is 0.224 e. The summed E-state index contributed by atoms with van der Waals surface area (Å²) in [6.45, 7) is 1.94. The van der Waals surface area contributed by atoms with Gasteiger partial charge in [0.25, 0.3) is 0 Å². The Morgan fingerprint density at radius 3 is 2.76 bits per heavy atom. The number of rotatable bonds is 3. The molecule has 0 amide bonds. The molecule has 0 saturated heterocycles. The van der Waals surface area contributed by atoms with Gasteiger partial charge in [0.1, 0.15) is 5.82 Å².